The first-order valence-electron chi connectivity index (χ1n) is 7.41. The van der Waals surface area contributed by atoms with Crippen LogP contribution in [0.2, 0.25) is 0 Å². The maximum atomic E-state index is 11.5. The Morgan fingerprint density at radius 2 is 1.96 bits per heavy atom. The molecule has 0 saturated carbocycles. The number of hydrogen-bond donors (Lipinski definition) is 1. The lowest BCUT2D eigenvalue weighted by Crippen LogP contribution is -2.23. The van der Waals surface area contributed by atoms with E-state index in [0.717, 1.165) is 24.5 Å². The number of nitrogens with zero attached hydrogens (tertiary/aromatic N) is 2. The number of primary sulfonamides is 1. The van der Waals surface area contributed by atoms with E-state index in [1.165, 1.54) is 17.7 Å². The number of nitrogens with two attached hydrogens (primary N) is 1. The zero-order chi connectivity index (χ0) is 17.5. The summed E-state index contributed by atoms with van der Waals surface area (Å²) in [5, 5.41) is 16.5. The van der Waals surface area contributed by atoms with Crippen molar-refractivity contribution in [2.75, 3.05) is 11.9 Å². The average molecular weight is 347 g/mol. The van der Waals surface area contributed by atoms with Crippen molar-refractivity contribution in [2.45, 2.75) is 23.8 Å². The normalized spacial score (nSPS) is 16.7. The second kappa shape index (κ2) is 5.88. The number of benzene rings is 2. The Bertz CT molecular complexity index is 911. The summed E-state index contributed by atoms with van der Waals surface area (Å²) in [4.78, 5) is 12.4. The molecule has 1 atom stereocenters. The van der Waals surface area contributed by atoms with Crippen LogP contribution in [0.4, 0.5) is 11.4 Å². The van der Waals surface area contributed by atoms with Crippen LogP contribution >= 0.6 is 0 Å². The number of anilines is 1. The minimum atomic E-state index is -3.99. The summed E-state index contributed by atoms with van der Waals surface area (Å²) < 4.78 is 22.9. The van der Waals surface area contributed by atoms with Gasteiger partial charge in [-0.05, 0) is 36.1 Å². The molecule has 0 spiro atoms. The van der Waals surface area contributed by atoms with E-state index in [9.17, 15) is 18.5 Å². The summed E-state index contributed by atoms with van der Waals surface area (Å²) in [5.41, 5.74) is 2.48. The highest BCUT2D eigenvalue weighted by molar-refractivity contribution is 7.89. The second-order valence-electron chi connectivity index (χ2n) is 5.82. The summed E-state index contributed by atoms with van der Waals surface area (Å²) in [6, 6.07) is 11.8. The van der Waals surface area contributed by atoms with Crippen molar-refractivity contribution in [3.8, 4) is 0 Å². The van der Waals surface area contributed by atoms with Gasteiger partial charge in [-0.3, -0.25) is 10.1 Å². The van der Waals surface area contributed by atoms with Crippen LogP contribution in [0.5, 0.6) is 0 Å². The Labute approximate surface area is 139 Å². The fourth-order valence-corrected chi connectivity index (χ4v) is 3.76. The molecule has 0 saturated heterocycles. The van der Waals surface area contributed by atoms with E-state index in [4.69, 9.17) is 5.14 Å². The molecule has 2 aromatic carbocycles. The smallest absolute Gasteiger partial charge is 0.293 e. The predicted molar refractivity (Wildman–Crippen MR) is 90.4 cm³/mol. The first kappa shape index (κ1) is 16.4. The van der Waals surface area contributed by atoms with Gasteiger partial charge in [-0.1, -0.05) is 24.3 Å². The molecule has 1 aliphatic rings. The fourth-order valence-electron chi connectivity index (χ4n) is 3.23. The van der Waals surface area contributed by atoms with Crippen LogP contribution < -0.4 is 10.0 Å². The Hall–Kier alpha value is -2.45. The Morgan fingerprint density at radius 3 is 2.62 bits per heavy atom. The number of aryl methyl sites for hydroxylation is 1. The van der Waals surface area contributed by atoms with Crippen molar-refractivity contribution in [1.82, 2.24) is 0 Å². The molecule has 7 nitrogen and oxygen atoms in total. The van der Waals surface area contributed by atoms with Gasteiger partial charge in [0.05, 0.1) is 15.9 Å². The van der Waals surface area contributed by atoms with Gasteiger partial charge in [-0.15, -0.1) is 0 Å². The van der Waals surface area contributed by atoms with Crippen LogP contribution in [-0.2, 0) is 16.4 Å². The molecule has 1 unspecified atom stereocenters. The van der Waals surface area contributed by atoms with Gasteiger partial charge >= 0.3 is 0 Å². The lowest BCUT2D eigenvalue weighted by atomic mass is 10.1. The monoisotopic (exact) mass is 347 g/mol. The van der Waals surface area contributed by atoms with Crippen LogP contribution in [-0.4, -0.2) is 20.4 Å². The molecular weight excluding hydrogens is 330 g/mol. The van der Waals surface area contributed by atoms with E-state index < -0.39 is 14.9 Å². The first-order valence-corrected chi connectivity index (χ1v) is 8.95. The van der Waals surface area contributed by atoms with Crippen LogP contribution in [0, 0.1) is 10.1 Å². The molecule has 0 aliphatic heterocycles. The largest absolute Gasteiger partial charge is 0.362 e. The molecule has 8 heteroatoms. The molecule has 3 rings (SSSR count). The number of rotatable bonds is 4. The van der Waals surface area contributed by atoms with Gasteiger partial charge in [0.15, 0.2) is 0 Å². The summed E-state index contributed by atoms with van der Waals surface area (Å²) in [5.74, 6) is 0. The molecule has 24 heavy (non-hydrogen) atoms. The Balaban J connectivity index is 2.05. The van der Waals surface area contributed by atoms with Crippen molar-refractivity contribution < 1.29 is 13.3 Å². The van der Waals surface area contributed by atoms with Crippen molar-refractivity contribution in [1.29, 1.82) is 0 Å². The van der Waals surface area contributed by atoms with Crippen molar-refractivity contribution in [3.63, 3.8) is 0 Å². The van der Waals surface area contributed by atoms with E-state index in [-0.39, 0.29) is 16.6 Å². The van der Waals surface area contributed by atoms with E-state index in [2.05, 4.69) is 6.07 Å². The van der Waals surface area contributed by atoms with Gasteiger partial charge < -0.3 is 4.90 Å². The average Bonchev–Trinajstić information content (AvgIpc) is 2.96. The van der Waals surface area contributed by atoms with Gasteiger partial charge in [0, 0.05) is 13.1 Å². The Kier molecular flexibility index (Phi) is 4.02. The van der Waals surface area contributed by atoms with E-state index in [1.807, 2.05) is 23.1 Å². The number of fused-ring (bicyclic) bond motifs is 1. The van der Waals surface area contributed by atoms with Crippen LogP contribution in [0.25, 0.3) is 0 Å². The highest BCUT2D eigenvalue weighted by Crippen LogP contribution is 2.40. The minimum absolute atomic E-state index is 0.0141. The number of sulfonamides is 1. The van der Waals surface area contributed by atoms with Gasteiger partial charge in [0.2, 0.25) is 10.0 Å². The predicted octanol–water partition coefficient (Wildman–Crippen LogP) is 2.37. The number of nitro groups is 1. The third-order valence-corrected chi connectivity index (χ3v) is 5.33. The lowest BCUT2D eigenvalue weighted by Gasteiger charge is -2.27. The maximum Gasteiger partial charge on any atom is 0.293 e. The van der Waals surface area contributed by atoms with Gasteiger partial charge in [0.1, 0.15) is 5.69 Å². The van der Waals surface area contributed by atoms with Crippen molar-refractivity contribution in [3.05, 3.63) is 63.7 Å². The summed E-state index contributed by atoms with van der Waals surface area (Å²) >= 11 is 0. The molecule has 0 radical (unpaired) electrons. The SMILES string of the molecule is CN(c1ccc(S(N)(=O)=O)cc1[N+](=O)[O-])C1CCc2ccccc21. The fraction of sp³-hybridized carbons (Fsp3) is 0.250. The summed E-state index contributed by atoms with van der Waals surface area (Å²) in [6.45, 7) is 0. The minimum Gasteiger partial charge on any atom is -0.362 e. The molecule has 126 valence electrons. The zero-order valence-electron chi connectivity index (χ0n) is 13.0. The highest BCUT2D eigenvalue weighted by atomic mass is 32.2. The highest BCUT2D eigenvalue weighted by Gasteiger charge is 2.30. The summed E-state index contributed by atoms with van der Waals surface area (Å²) in [6.07, 6.45) is 1.76. The summed E-state index contributed by atoms with van der Waals surface area (Å²) in [7, 11) is -2.21. The molecule has 0 amide bonds. The van der Waals surface area contributed by atoms with Crippen molar-refractivity contribution in [2.24, 2.45) is 5.14 Å². The third-order valence-electron chi connectivity index (χ3n) is 4.42. The van der Waals surface area contributed by atoms with E-state index in [1.54, 1.807) is 7.05 Å². The lowest BCUT2D eigenvalue weighted by molar-refractivity contribution is -0.384. The molecule has 0 fully saturated rings. The molecule has 2 aromatic rings. The van der Waals surface area contributed by atoms with Crippen molar-refractivity contribution >= 4 is 21.4 Å². The van der Waals surface area contributed by atoms with E-state index in [0.29, 0.717) is 5.69 Å². The second-order valence-corrected chi connectivity index (χ2v) is 7.38. The maximum absolute atomic E-state index is 11.5. The number of nitro benzene ring substituents is 1. The molecule has 2 N–H and O–H groups in total. The molecular formula is C16H17N3O4S. The van der Waals surface area contributed by atoms with E-state index >= 15 is 0 Å². The quantitative estimate of drug-likeness (QED) is 0.675. The zero-order valence-corrected chi connectivity index (χ0v) is 13.9. The Morgan fingerprint density at radius 1 is 1.25 bits per heavy atom. The number of hydrogen-bond acceptors (Lipinski definition) is 5. The molecule has 0 heterocycles. The molecule has 0 bridgehead atoms. The van der Waals surface area contributed by atoms with Gasteiger partial charge in [-0.2, -0.15) is 0 Å². The molecule has 1 aliphatic carbocycles. The van der Waals surface area contributed by atoms with Crippen LogP contribution in [0.1, 0.15) is 23.6 Å². The van der Waals surface area contributed by atoms with Gasteiger partial charge in [-0.25, -0.2) is 13.6 Å². The topological polar surface area (TPSA) is 107 Å². The first-order chi connectivity index (χ1) is 11.3. The standard InChI is InChI=1S/C16H17N3O4S/c1-18(14-8-6-11-4-2-3-5-13(11)14)15-9-7-12(24(17,22)23)10-16(15)19(20)21/h2-5,7,9-10,14H,6,8H2,1H3,(H2,17,22,23). The van der Waals surface area contributed by atoms with Crippen LogP contribution in [0.3, 0.4) is 0 Å². The van der Waals surface area contributed by atoms with Crippen LogP contribution in [0.15, 0.2) is 47.4 Å². The molecule has 0 aromatic heterocycles. The van der Waals surface area contributed by atoms with Gasteiger partial charge in [0.25, 0.3) is 5.69 Å². The third kappa shape index (κ3) is 2.85.